The maximum absolute atomic E-state index is 6.03. The molecule has 124 valence electrons. The number of rotatable bonds is 6. The molecule has 0 N–H and O–H groups in total. The van der Waals surface area contributed by atoms with Crippen molar-refractivity contribution in [2.75, 3.05) is 13.2 Å². The van der Waals surface area contributed by atoms with Crippen LogP contribution in [0.1, 0.15) is 59.1 Å². The topological polar surface area (TPSA) is 9.23 Å². The highest BCUT2D eigenvalue weighted by molar-refractivity contribution is 5.31. The van der Waals surface area contributed by atoms with E-state index in [1.165, 1.54) is 33.4 Å². The summed E-state index contributed by atoms with van der Waals surface area (Å²) in [6.07, 6.45) is 0. The van der Waals surface area contributed by atoms with Crippen molar-refractivity contribution in [2.24, 2.45) is 0 Å². The van der Waals surface area contributed by atoms with Crippen LogP contribution in [0.25, 0.3) is 0 Å². The van der Waals surface area contributed by atoms with Crippen molar-refractivity contribution in [1.82, 2.24) is 0 Å². The normalized spacial score (nSPS) is 13.8. The lowest BCUT2D eigenvalue weighted by Gasteiger charge is -2.18. The molecule has 0 saturated carbocycles. The fourth-order valence-electron chi connectivity index (χ4n) is 3.20. The molecule has 0 bridgehead atoms. The fourth-order valence-corrected chi connectivity index (χ4v) is 3.20. The molecule has 0 aliphatic rings. The zero-order valence-corrected chi connectivity index (χ0v) is 15.4. The third kappa shape index (κ3) is 5.21. The quantitative estimate of drug-likeness (QED) is 0.651. The maximum Gasteiger partial charge on any atom is 0.0532 e. The maximum atomic E-state index is 6.03. The minimum Gasteiger partial charge on any atom is -0.380 e. The predicted molar refractivity (Wildman–Crippen MR) is 99.5 cm³/mol. The van der Waals surface area contributed by atoms with Crippen LogP contribution in [-0.4, -0.2) is 13.2 Å². The lowest BCUT2D eigenvalue weighted by atomic mass is 9.97. The molecule has 0 fully saturated rings. The summed E-state index contributed by atoms with van der Waals surface area (Å²) < 4.78 is 6.03. The van der Waals surface area contributed by atoms with Crippen molar-refractivity contribution in [3.8, 4) is 0 Å². The number of aryl methyl sites for hydroxylation is 4. The van der Waals surface area contributed by atoms with Gasteiger partial charge in [-0.25, -0.2) is 0 Å². The van der Waals surface area contributed by atoms with Gasteiger partial charge in [-0.15, -0.1) is 0 Å². The second kappa shape index (κ2) is 7.79. The second-order valence-electron chi connectivity index (χ2n) is 7.18. The van der Waals surface area contributed by atoms with Crippen molar-refractivity contribution in [1.29, 1.82) is 0 Å². The molecule has 2 aromatic carbocycles. The molecule has 0 aliphatic heterocycles. The Balaban J connectivity index is 1.90. The lowest BCUT2D eigenvalue weighted by Crippen LogP contribution is -2.10. The number of ether oxygens (including phenoxy) is 1. The second-order valence-corrected chi connectivity index (χ2v) is 7.18. The molecule has 0 saturated heterocycles. The first-order valence-electron chi connectivity index (χ1n) is 8.59. The molecule has 0 spiro atoms. The van der Waals surface area contributed by atoms with Crippen LogP contribution < -0.4 is 0 Å². The molecular weight excluding hydrogens is 280 g/mol. The molecule has 0 radical (unpaired) electrons. The Morgan fingerprint density at radius 2 is 0.913 bits per heavy atom. The number of benzene rings is 2. The van der Waals surface area contributed by atoms with E-state index in [4.69, 9.17) is 4.74 Å². The van der Waals surface area contributed by atoms with E-state index in [1.807, 2.05) is 0 Å². The van der Waals surface area contributed by atoms with E-state index < -0.39 is 0 Å². The van der Waals surface area contributed by atoms with Gasteiger partial charge in [-0.05, 0) is 38.8 Å². The summed E-state index contributed by atoms with van der Waals surface area (Å²) in [5.74, 6) is 0.861. The van der Waals surface area contributed by atoms with Gasteiger partial charge in [-0.3, -0.25) is 0 Å². The molecule has 2 unspecified atom stereocenters. The smallest absolute Gasteiger partial charge is 0.0532 e. The molecule has 1 heteroatoms. The average molecular weight is 310 g/mol. The molecule has 0 aromatic heterocycles. The SMILES string of the molecule is Cc1cc(C)cc(C(C)COCC(C)c2cc(C)cc(C)c2)c1. The summed E-state index contributed by atoms with van der Waals surface area (Å²) in [5, 5.41) is 0. The van der Waals surface area contributed by atoms with Gasteiger partial charge < -0.3 is 4.74 Å². The van der Waals surface area contributed by atoms with Crippen molar-refractivity contribution in [3.05, 3.63) is 69.8 Å². The summed E-state index contributed by atoms with van der Waals surface area (Å²) in [6.45, 7) is 14.7. The fraction of sp³-hybridized carbons (Fsp3) is 0.455. The van der Waals surface area contributed by atoms with Gasteiger partial charge in [0, 0.05) is 11.8 Å². The average Bonchev–Trinajstić information content (AvgIpc) is 2.44. The van der Waals surface area contributed by atoms with Gasteiger partial charge in [0.2, 0.25) is 0 Å². The Kier molecular flexibility index (Phi) is 6.01. The van der Waals surface area contributed by atoms with Gasteiger partial charge in [-0.1, -0.05) is 72.5 Å². The minimum absolute atomic E-state index is 0.431. The van der Waals surface area contributed by atoms with Crippen LogP contribution in [-0.2, 0) is 4.74 Å². The highest BCUT2D eigenvalue weighted by Crippen LogP contribution is 2.22. The highest BCUT2D eigenvalue weighted by atomic mass is 16.5. The molecule has 2 atom stereocenters. The minimum atomic E-state index is 0.431. The van der Waals surface area contributed by atoms with Crippen molar-refractivity contribution < 1.29 is 4.74 Å². The molecule has 23 heavy (non-hydrogen) atoms. The molecule has 2 aromatic rings. The van der Waals surface area contributed by atoms with Gasteiger partial charge in [-0.2, -0.15) is 0 Å². The molecular formula is C22H30O. The van der Waals surface area contributed by atoms with Crippen LogP contribution in [0.15, 0.2) is 36.4 Å². The van der Waals surface area contributed by atoms with E-state index in [1.54, 1.807) is 0 Å². The Bertz CT molecular complexity index is 559. The van der Waals surface area contributed by atoms with E-state index in [-0.39, 0.29) is 0 Å². The third-order valence-electron chi connectivity index (χ3n) is 4.36. The predicted octanol–water partition coefficient (Wildman–Crippen LogP) is 5.84. The lowest BCUT2D eigenvalue weighted by molar-refractivity contribution is 0.113. The summed E-state index contributed by atoms with van der Waals surface area (Å²) in [7, 11) is 0. The highest BCUT2D eigenvalue weighted by Gasteiger charge is 2.10. The first-order valence-corrected chi connectivity index (χ1v) is 8.59. The monoisotopic (exact) mass is 310 g/mol. The van der Waals surface area contributed by atoms with E-state index in [9.17, 15) is 0 Å². The molecule has 0 amide bonds. The van der Waals surface area contributed by atoms with E-state index >= 15 is 0 Å². The molecule has 1 nitrogen and oxygen atoms in total. The van der Waals surface area contributed by atoms with Crippen LogP contribution >= 0.6 is 0 Å². The summed E-state index contributed by atoms with van der Waals surface area (Å²) in [6, 6.07) is 13.5. The number of hydrogen-bond acceptors (Lipinski definition) is 1. The van der Waals surface area contributed by atoms with Crippen molar-refractivity contribution in [3.63, 3.8) is 0 Å². The first-order chi connectivity index (χ1) is 10.8. The summed E-state index contributed by atoms with van der Waals surface area (Å²) >= 11 is 0. The van der Waals surface area contributed by atoms with Gasteiger partial charge in [0.05, 0.1) is 13.2 Å². The third-order valence-corrected chi connectivity index (χ3v) is 4.36. The zero-order valence-electron chi connectivity index (χ0n) is 15.4. The zero-order chi connectivity index (χ0) is 17.0. The van der Waals surface area contributed by atoms with Crippen LogP contribution in [0.4, 0.5) is 0 Å². The summed E-state index contributed by atoms with van der Waals surface area (Å²) in [5.41, 5.74) is 8.07. The van der Waals surface area contributed by atoms with Crippen molar-refractivity contribution >= 4 is 0 Å². The van der Waals surface area contributed by atoms with E-state index in [0.717, 1.165) is 13.2 Å². The first kappa shape index (κ1) is 17.7. The van der Waals surface area contributed by atoms with E-state index in [0.29, 0.717) is 11.8 Å². The Hall–Kier alpha value is -1.60. The van der Waals surface area contributed by atoms with Crippen LogP contribution in [0.2, 0.25) is 0 Å². The van der Waals surface area contributed by atoms with E-state index in [2.05, 4.69) is 77.9 Å². The molecule has 2 rings (SSSR count). The number of hydrogen-bond donors (Lipinski definition) is 0. The van der Waals surface area contributed by atoms with Crippen LogP contribution in [0, 0.1) is 27.7 Å². The largest absolute Gasteiger partial charge is 0.380 e. The van der Waals surface area contributed by atoms with Gasteiger partial charge in [0.1, 0.15) is 0 Å². The van der Waals surface area contributed by atoms with Crippen LogP contribution in [0.3, 0.4) is 0 Å². The standard InChI is InChI=1S/C22H30O/c1-15-7-16(2)10-21(9-15)19(5)13-23-14-20(6)22-11-17(3)8-18(4)12-22/h7-12,19-20H,13-14H2,1-6H3. The van der Waals surface area contributed by atoms with Gasteiger partial charge in [0.15, 0.2) is 0 Å². The molecule has 0 heterocycles. The van der Waals surface area contributed by atoms with Crippen molar-refractivity contribution in [2.45, 2.75) is 53.4 Å². The Labute approximate surface area is 141 Å². The van der Waals surface area contributed by atoms with Gasteiger partial charge in [0.25, 0.3) is 0 Å². The Morgan fingerprint density at radius 3 is 1.22 bits per heavy atom. The van der Waals surface area contributed by atoms with Gasteiger partial charge >= 0.3 is 0 Å². The molecule has 0 aliphatic carbocycles. The Morgan fingerprint density at radius 1 is 0.609 bits per heavy atom. The summed E-state index contributed by atoms with van der Waals surface area (Å²) in [4.78, 5) is 0. The van der Waals surface area contributed by atoms with Crippen LogP contribution in [0.5, 0.6) is 0 Å².